The van der Waals surface area contributed by atoms with Gasteiger partial charge in [-0.3, -0.25) is 10.1 Å². The molecule has 0 aliphatic carbocycles. The molecule has 1 amide bonds. The second-order valence-corrected chi connectivity index (χ2v) is 6.37. The zero-order valence-corrected chi connectivity index (χ0v) is 13.8. The van der Waals surface area contributed by atoms with E-state index >= 15 is 0 Å². The summed E-state index contributed by atoms with van der Waals surface area (Å²) in [5.41, 5.74) is 0.625. The minimum atomic E-state index is -0.440. The second-order valence-electron chi connectivity index (χ2n) is 4.34. The summed E-state index contributed by atoms with van der Waals surface area (Å²) in [4.78, 5) is 12.2. The normalized spacial score (nSPS) is 12.0. The molecule has 0 bridgehead atoms. The van der Waals surface area contributed by atoms with Crippen LogP contribution in [0.2, 0.25) is 10.0 Å². The van der Waals surface area contributed by atoms with Gasteiger partial charge in [0.25, 0.3) is 0 Å². The summed E-state index contributed by atoms with van der Waals surface area (Å²) in [6, 6.07) is 4.63. The third kappa shape index (κ3) is 4.30. The molecule has 1 atom stereocenters. The van der Waals surface area contributed by atoms with Crippen LogP contribution < -0.4 is 10.6 Å². The molecule has 0 saturated heterocycles. The quantitative estimate of drug-likeness (QED) is 0.860. The Bertz CT molecular complexity index is 647. The number of carbonyl (C=O) groups is 1. The fourth-order valence-corrected chi connectivity index (χ4v) is 2.63. The molecule has 21 heavy (non-hydrogen) atoms. The Morgan fingerprint density at radius 2 is 2.14 bits per heavy atom. The number of halogens is 2. The number of nitrogens with one attached hydrogen (secondary N) is 2. The fourth-order valence-electron chi connectivity index (χ4n) is 1.69. The highest BCUT2D eigenvalue weighted by molar-refractivity contribution is 7.15. The maximum atomic E-state index is 12.2. The smallest absolute Gasteiger partial charge is 0.248 e. The van der Waals surface area contributed by atoms with Crippen molar-refractivity contribution in [3.8, 4) is 0 Å². The van der Waals surface area contributed by atoms with Gasteiger partial charge in [0.1, 0.15) is 11.0 Å². The van der Waals surface area contributed by atoms with E-state index in [-0.39, 0.29) is 5.91 Å². The Hall–Kier alpha value is -1.37. The number of carbonyl (C=O) groups excluding carboxylic acids is 1. The molecule has 1 aromatic heterocycles. The summed E-state index contributed by atoms with van der Waals surface area (Å²) >= 11 is 13.4. The largest absolute Gasteiger partial charge is 0.372 e. The zero-order chi connectivity index (χ0) is 15.4. The van der Waals surface area contributed by atoms with Gasteiger partial charge in [-0.25, -0.2) is 0 Å². The Morgan fingerprint density at radius 3 is 2.76 bits per heavy atom. The van der Waals surface area contributed by atoms with Crippen molar-refractivity contribution in [2.24, 2.45) is 0 Å². The second kappa shape index (κ2) is 7.06. The van der Waals surface area contributed by atoms with E-state index in [1.165, 1.54) is 11.3 Å². The molecule has 0 fully saturated rings. The fraction of sp³-hybridized carbons (Fsp3) is 0.308. The molecule has 0 aliphatic heterocycles. The van der Waals surface area contributed by atoms with Gasteiger partial charge in [0.15, 0.2) is 0 Å². The highest BCUT2D eigenvalue weighted by atomic mass is 35.5. The van der Waals surface area contributed by atoms with Gasteiger partial charge in [-0.1, -0.05) is 41.5 Å². The molecule has 0 aliphatic rings. The molecule has 0 saturated carbocycles. The van der Waals surface area contributed by atoms with Gasteiger partial charge >= 0.3 is 0 Å². The molecule has 2 N–H and O–H groups in total. The van der Waals surface area contributed by atoms with Gasteiger partial charge in [0.2, 0.25) is 11.0 Å². The van der Waals surface area contributed by atoms with Gasteiger partial charge in [0.05, 0.1) is 10.7 Å². The van der Waals surface area contributed by atoms with Crippen molar-refractivity contribution in [3.05, 3.63) is 33.3 Å². The number of amides is 1. The first-order valence-electron chi connectivity index (χ1n) is 6.32. The highest BCUT2D eigenvalue weighted by Crippen LogP contribution is 2.26. The Labute approximate surface area is 136 Å². The lowest BCUT2D eigenvalue weighted by atomic mass is 10.2. The third-order valence-corrected chi connectivity index (χ3v) is 4.06. The molecule has 2 aromatic rings. The van der Waals surface area contributed by atoms with Crippen molar-refractivity contribution in [2.75, 3.05) is 10.6 Å². The number of hydrogen-bond donors (Lipinski definition) is 2. The monoisotopic (exact) mass is 344 g/mol. The van der Waals surface area contributed by atoms with E-state index in [1.807, 2.05) is 13.8 Å². The van der Waals surface area contributed by atoms with Gasteiger partial charge in [0, 0.05) is 5.02 Å². The average Bonchev–Trinajstić information content (AvgIpc) is 2.84. The number of hydrogen-bond acceptors (Lipinski definition) is 5. The molecule has 2 rings (SSSR count). The topological polar surface area (TPSA) is 66.9 Å². The molecule has 5 nitrogen and oxygen atoms in total. The molecular formula is C13H14Cl2N4OS. The van der Waals surface area contributed by atoms with Crippen LogP contribution in [0.15, 0.2) is 18.2 Å². The Morgan fingerprint density at radius 1 is 1.38 bits per heavy atom. The maximum Gasteiger partial charge on any atom is 0.248 e. The first-order chi connectivity index (χ1) is 9.99. The van der Waals surface area contributed by atoms with Crippen LogP contribution in [0, 0.1) is 6.92 Å². The minimum absolute atomic E-state index is 0.190. The summed E-state index contributed by atoms with van der Waals surface area (Å²) in [6.45, 7) is 3.73. The molecule has 0 spiro atoms. The molecule has 1 aromatic carbocycles. The van der Waals surface area contributed by atoms with Crippen LogP contribution in [-0.4, -0.2) is 22.1 Å². The lowest BCUT2D eigenvalue weighted by molar-refractivity contribution is -0.117. The van der Waals surface area contributed by atoms with Crippen molar-refractivity contribution >= 4 is 51.3 Å². The van der Waals surface area contributed by atoms with Crippen LogP contribution in [0.5, 0.6) is 0 Å². The van der Waals surface area contributed by atoms with Crippen molar-refractivity contribution in [3.63, 3.8) is 0 Å². The Balaban J connectivity index is 2.08. The van der Waals surface area contributed by atoms with Crippen LogP contribution in [0.4, 0.5) is 10.8 Å². The standard InChI is InChI=1S/C13H14Cl2N4OS/c1-3-10(12(20)17-13-19-18-7(2)21-13)16-11-6-8(14)4-5-9(11)15/h4-6,10,16H,3H2,1-2H3,(H,17,19,20)/t10-/m1/s1. The van der Waals surface area contributed by atoms with E-state index in [0.717, 1.165) is 5.01 Å². The Kier molecular flexibility index (Phi) is 5.39. The first kappa shape index (κ1) is 16.0. The average molecular weight is 345 g/mol. The van der Waals surface area contributed by atoms with E-state index in [2.05, 4.69) is 20.8 Å². The van der Waals surface area contributed by atoms with Crippen molar-refractivity contribution in [1.82, 2.24) is 10.2 Å². The lowest BCUT2D eigenvalue weighted by Gasteiger charge is -2.18. The summed E-state index contributed by atoms with van der Waals surface area (Å²) in [5, 5.41) is 15.9. The number of rotatable bonds is 5. The summed E-state index contributed by atoms with van der Waals surface area (Å²) in [5.74, 6) is -0.190. The molecule has 112 valence electrons. The van der Waals surface area contributed by atoms with E-state index < -0.39 is 6.04 Å². The van der Waals surface area contributed by atoms with Crippen molar-refractivity contribution in [1.29, 1.82) is 0 Å². The zero-order valence-electron chi connectivity index (χ0n) is 11.5. The predicted molar refractivity (Wildman–Crippen MR) is 87.4 cm³/mol. The third-order valence-electron chi connectivity index (χ3n) is 2.74. The van der Waals surface area contributed by atoms with Crippen molar-refractivity contribution < 1.29 is 4.79 Å². The summed E-state index contributed by atoms with van der Waals surface area (Å²) < 4.78 is 0. The van der Waals surface area contributed by atoms with Crippen LogP contribution in [0.25, 0.3) is 0 Å². The van der Waals surface area contributed by atoms with Gasteiger partial charge in [-0.15, -0.1) is 10.2 Å². The number of benzene rings is 1. The highest BCUT2D eigenvalue weighted by Gasteiger charge is 2.19. The van der Waals surface area contributed by atoms with Crippen LogP contribution in [-0.2, 0) is 4.79 Å². The molecular weight excluding hydrogens is 331 g/mol. The van der Waals surface area contributed by atoms with Gasteiger partial charge < -0.3 is 5.32 Å². The molecule has 1 heterocycles. The molecule has 0 radical (unpaired) electrons. The minimum Gasteiger partial charge on any atom is -0.372 e. The van der Waals surface area contributed by atoms with E-state index in [1.54, 1.807) is 18.2 Å². The number of aryl methyl sites for hydroxylation is 1. The maximum absolute atomic E-state index is 12.2. The van der Waals surface area contributed by atoms with E-state index in [9.17, 15) is 4.79 Å². The lowest BCUT2D eigenvalue weighted by Crippen LogP contribution is -2.34. The van der Waals surface area contributed by atoms with Crippen LogP contribution in [0.3, 0.4) is 0 Å². The van der Waals surface area contributed by atoms with E-state index in [4.69, 9.17) is 23.2 Å². The van der Waals surface area contributed by atoms with Crippen molar-refractivity contribution in [2.45, 2.75) is 26.3 Å². The number of nitrogens with zero attached hydrogens (tertiary/aromatic N) is 2. The van der Waals surface area contributed by atoms with Crippen LogP contribution >= 0.6 is 34.5 Å². The summed E-state index contributed by atoms with van der Waals surface area (Å²) in [7, 11) is 0. The number of aromatic nitrogens is 2. The summed E-state index contributed by atoms with van der Waals surface area (Å²) in [6.07, 6.45) is 0.590. The number of anilines is 2. The first-order valence-corrected chi connectivity index (χ1v) is 7.89. The van der Waals surface area contributed by atoms with E-state index in [0.29, 0.717) is 27.3 Å². The molecule has 0 unspecified atom stereocenters. The molecule has 8 heteroatoms. The predicted octanol–water partition coefficient (Wildman–Crippen LogP) is 3.98. The van der Waals surface area contributed by atoms with Crippen LogP contribution in [0.1, 0.15) is 18.4 Å². The van der Waals surface area contributed by atoms with Gasteiger partial charge in [-0.05, 0) is 31.5 Å². The van der Waals surface area contributed by atoms with Gasteiger partial charge in [-0.2, -0.15) is 0 Å². The SMILES string of the molecule is CC[C@@H](Nc1cc(Cl)ccc1Cl)C(=O)Nc1nnc(C)s1.